The van der Waals surface area contributed by atoms with Crippen LogP contribution >= 0.6 is 0 Å². The summed E-state index contributed by atoms with van der Waals surface area (Å²) in [7, 11) is 0. The number of amides is 3. The molecule has 1 fully saturated rings. The summed E-state index contributed by atoms with van der Waals surface area (Å²) >= 11 is 0. The van der Waals surface area contributed by atoms with E-state index in [9.17, 15) is 14.4 Å². The topological polar surface area (TPSA) is 84.9 Å². The number of nitrogens with zero attached hydrogens (tertiary/aromatic N) is 1. The highest BCUT2D eigenvalue weighted by Gasteiger charge is 2.30. The van der Waals surface area contributed by atoms with Gasteiger partial charge in [-0.25, -0.2) is 0 Å². The number of hydrogen-bond donors (Lipinski definition) is 1. The van der Waals surface area contributed by atoms with Crippen LogP contribution in [0.1, 0.15) is 30.1 Å². The third-order valence-electron chi connectivity index (χ3n) is 4.90. The molecule has 0 saturated carbocycles. The van der Waals surface area contributed by atoms with Gasteiger partial charge in [-0.15, -0.1) is 0 Å². The number of imide groups is 1. The summed E-state index contributed by atoms with van der Waals surface area (Å²) in [5.41, 5.74) is 1.35. The molecule has 3 aromatic rings. The normalized spacial score (nSPS) is 13.2. The Labute approximate surface area is 185 Å². The smallest absolute Gasteiger partial charge is 0.255 e. The number of nitrogens with one attached hydrogen (secondary N) is 1. The van der Waals surface area contributed by atoms with Gasteiger partial charge in [-0.3, -0.25) is 19.3 Å². The van der Waals surface area contributed by atoms with Crippen LogP contribution in [0.15, 0.2) is 72.8 Å². The summed E-state index contributed by atoms with van der Waals surface area (Å²) in [5, 5.41) is 2.81. The zero-order valence-corrected chi connectivity index (χ0v) is 17.5. The monoisotopic (exact) mass is 430 g/mol. The molecule has 3 amide bonds. The van der Waals surface area contributed by atoms with Gasteiger partial charge in [0, 0.05) is 24.1 Å². The van der Waals surface area contributed by atoms with Crippen molar-refractivity contribution >= 4 is 29.1 Å². The predicted octanol–water partition coefficient (Wildman–Crippen LogP) is 4.78. The summed E-state index contributed by atoms with van der Waals surface area (Å²) in [6.45, 7) is 2.53. The minimum absolute atomic E-state index is 0.195. The van der Waals surface area contributed by atoms with Gasteiger partial charge in [0.05, 0.1) is 12.3 Å². The van der Waals surface area contributed by atoms with Crippen molar-refractivity contribution < 1.29 is 23.9 Å². The maximum absolute atomic E-state index is 12.7. The highest BCUT2D eigenvalue weighted by Crippen LogP contribution is 2.26. The second-order valence-corrected chi connectivity index (χ2v) is 7.16. The second kappa shape index (κ2) is 9.34. The zero-order chi connectivity index (χ0) is 22.5. The Hall–Kier alpha value is -4.13. The molecule has 0 radical (unpaired) electrons. The maximum Gasteiger partial charge on any atom is 0.255 e. The van der Waals surface area contributed by atoms with Crippen molar-refractivity contribution in [1.82, 2.24) is 0 Å². The first kappa shape index (κ1) is 21.1. The molecule has 0 aromatic heterocycles. The summed E-state index contributed by atoms with van der Waals surface area (Å²) in [4.78, 5) is 37.7. The molecule has 0 aliphatic carbocycles. The van der Waals surface area contributed by atoms with Crippen molar-refractivity contribution in [2.24, 2.45) is 0 Å². The number of ether oxygens (including phenoxy) is 2. The zero-order valence-electron chi connectivity index (χ0n) is 17.5. The Morgan fingerprint density at radius 1 is 0.875 bits per heavy atom. The van der Waals surface area contributed by atoms with Crippen molar-refractivity contribution in [2.45, 2.75) is 19.8 Å². The Balaban J connectivity index is 1.40. The van der Waals surface area contributed by atoms with E-state index in [4.69, 9.17) is 9.47 Å². The van der Waals surface area contributed by atoms with Crippen LogP contribution in [-0.2, 0) is 9.59 Å². The van der Waals surface area contributed by atoms with Crippen LogP contribution in [0.5, 0.6) is 17.2 Å². The number of rotatable bonds is 7. The molecule has 162 valence electrons. The van der Waals surface area contributed by atoms with Gasteiger partial charge in [-0.05, 0) is 73.7 Å². The molecular weight excluding hydrogens is 408 g/mol. The average Bonchev–Trinajstić information content (AvgIpc) is 3.14. The van der Waals surface area contributed by atoms with Crippen LogP contribution in [0.25, 0.3) is 0 Å². The molecule has 0 bridgehead atoms. The van der Waals surface area contributed by atoms with Gasteiger partial charge < -0.3 is 14.8 Å². The van der Waals surface area contributed by atoms with E-state index in [1.807, 2.05) is 31.2 Å². The summed E-state index contributed by atoms with van der Waals surface area (Å²) in [6, 6.07) is 20.8. The van der Waals surface area contributed by atoms with E-state index in [1.54, 1.807) is 48.5 Å². The molecule has 4 rings (SSSR count). The summed E-state index contributed by atoms with van der Waals surface area (Å²) < 4.78 is 11.2. The highest BCUT2D eigenvalue weighted by molar-refractivity contribution is 6.20. The lowest BCUT2D eigenvalue weighted by Gasteiger charge is -2.15. The van der Waals surface area contributed by atoms with Crippen molar-refractivity contribution in [2.75, 3.05) is 16.8 Å². The van der Waals surface area contributed by atoms with E-state index in [0.717, 1.165) is 10.6 Å². The first-order valence-electron chi connectivity index (χ1n) is 10.3. The Morgan fingerprint density at radius 3 is 2.09 bits per heavy atom. The molecule has 0 unspecified atom stereocenters. The van der Waals surface area contributed by atoms with Crippen LogP contribution in [0.4, 0.5) is 11.4 Å². The largest absolute Gasteiger partial charge is 0.494 e. The van der Waals surface area contributed by atoms with E-state index in [1.165, 1.54) is 0 Å². The van der Waals surface area contributed by atoms with Gasteiger partial charge in [-0.1, -0.05) is 6.07 Å². The lowest BCUT2D eigenvalue weighted by Crippen LogP contribution is -2.28. The second-order valence-electron chi connectivity index (χ2n) is 7.16. The molecule has 1 aliphatic heterocycles. The minimum Gasteiger partial charge on any atom is -0.494 e. The summed E-state index contributed by atoms with van der Waals surface area (Å²) in [6.07, 6.45) is 0.390. The summed E-state index contributed by atoms with van der Waals surface area (Å²) in [5.74, 6) is 1.23. The fourth-order valence-electron chi connectivity index (χ4n) is 3.37. The SMILES string of the molecule is CCOc1ccc(Oc2ccc(NC(=O)c3cccc(N4C(=O)CCC4=O)c3)cc2)cc1. The number of benzene rings is 3. The van der Waals surface area contributed by atoms with Gasteiger partial charge in [0.1, 0.15) is 17.2 Å². The Kier molecular flexibility index (Phi) is 6.17. The van der Waals surface area contributed by atoms with Gasteiger partial charge in [0.25, 0.3) is 5.91 Å². The molecular formula is C25H22N2O5. The Morgan fingerprint density at radius 2 is 1.47 bits per heavy atom. The van der Waals surface area contributed by atoms with Crippen molar-refractivity contribution in [3.05, 3.63) is 78.4 Å². The molecule has 1 heterocycles. The van der Waals surface area contributed by atoms with Crippen LogP contribution in [0, 0.1) is 0 Å². The third kappa shape index (κ3) is 4.78. The lowest BCUT2D eigenvalue weighted by molar-refractivity contribution is -0.121. The van der Waals surface area contributed by atoms with E-state index in [-0.39, 0.29) is 30.6 Å². The van der Waals surface area contributed by atoms with E-state index in [0.29, 0.717) is 35.0 Å². The number of anilines is 2. The van der Waals surface area contributed by atoms with Crippen LogP contribution < -0.4 is 19.7 Å². The Bertz CT molecular complexity index is 1120. The van der Waals surface area contributed by atoms with E-state index in [2.05, 4.69) is 5.32 Å². The molecule has 0 atom stereocenters. The first-order valence-corrected chi connectivity index (χ1v) is 10.3. The van der Waals surface area contributed by atoms with E-state index < -0.39 is 0 Å². The molecule has 7 heteroatoms. The molecule has 32 heavy (non-hydrogen) atoms. The fourth-order valence-corrected chi connectivity index (χ4v) is 3.37. The number of hydrogen-bond acceptors (Lipinski definition) is 5. The molecule has 7 nitrogen and oxygen atoms in total. The molecule has 1 saturated heterocycles. The van der Waals surface area contributed by atoms with Crippen molar-refractivity contribution in [3.8, 4) is 17.2 Å². The highest BCUT2D eigenvalue weighted by atomic mass is 16.5. The molecule has 1 N–H and O–H groups in total. The van der Waals surface area contributed by atoms with Crippen molar-refractivity contribution in [3.63, 3.8) is 0 Å². The fraction of sp³-hybridized carbons (Fsp3) is 0.160. The molecule has 3 aromatic carbocycles. The van der Waals surface area contributed by atoms with Gasteiger partial charge in [0.15, 0.2) is 0 Å². The third-order valence-corrected chi connectivity index (χ3v) is 4.90. The quantitative estimate of drug-likeness (QED) is 0.545. The minimum atomic E-state index is -0.342. The number of carbonyl (C=O) groups excluding carboxylic acids is 3. The van der Waals surface area contributed by atoms with Crippen LogP contribution in [0.3, 0.4) is 0 Å². The van der Waals surface area contributed by atoms with Gasteiger partial charge in [-0.2, -0.15) is 0 Å². The number of carbonyl (C=O) groups is 3. The predicted molar refractivity (Wildman–Crippen MR) is 120 cm³/mol. The van der Waals surface area contributed by atoms with E-state index >= 15 is 0 Å². The van der Waals surface area contributed by atoms with Gasteiger partial charge in [0.2, 0.25) is 11.8 Å². The molecule has 0 spiro atoms. The molecule has 1 aliphatic rings. The maximum atomic E-state index is 12.7. The average molecular weight is 430 g/mol. The van der Waals surface area contributed by atoms with Crippen LogP contribution in [-0.4, -0.2) is 24.3 Å². The lowest BCUT2D eigenvalue weighted by atomic mass is 10.1. The van der Waals surface area contributed by atoms with Crippen LogP contribution in [0.2, 0.25) is 0 Å². The first-order chi connectivity index (χ1) is 15.5. The standard InChI is InChI=1S/C25H22N2O5/c1-2-31-20-10-12-22(13-11-20)32-21-8-6-18(7-9-21)26-25(30)17-4-3-5-19(16-17)27-23(28)14-15-24(27)29/h3-13,16H,2,14-15H2,1H3,(H,26,30). The van der Waals surface area contributed by atoms with Gasteiger partial charge >= 0.3 is 0 Å². The van der Waals surface area contributed by atoms with Crippen molar-refractivity contribution in [1.29, 1.82) is 0 Å².